The number of methoxy groups -OCH3 is 1. The Morgan fingerprint density at radius 3 is 1.95 bits per heavy atom. The zero-order chi connectivity index (χ0) is 33.4. The molecule has 226 valence electrons. The highest BCUT2D eigenvalue weighted by Crippen LogP contribution is 2.28. The average Bonchev–Trinajstić information content (AvgIpc) is 3.66. The third-order valence-electron chi connectivity index (χ3n) is 6.60. The Kier molecular flexibility index (Phi) is 9.13. The molecular formula is C31H31N7O4S2. The first-order chi connectivity index (χ1) is 22.6. The molecule has 4 heterocycles. The van der Waals surface area contributed by atoms with E-state index in [1.165, 1.54) is 24.0 Å². The minimum absolute atomic E-state index is 0.00132. The molecule has 0 aliphatic heterocycles. The van der Waals surface area contributed by atoms with E-state index >= 15 is 0 Å². The maximum absolute atomic E-state index is 10.9. The van der Waals surface area contributed by atoms with Gasteiger partial charge in [-0.05, 0) is 44.2 Å². The van der Waals surface area contributed by atoms with Gasteiger partial charge in [0.25, 0.3) is 5.69 Å². The summed E-state index contributed by atoms with van der Waals surface area (Å²) in [5, 5.41) is 12.5. The van der Waals surface area contributed by atoms with Gasteiger partial charge >= 0.3 is 0 Å². The van der Waals surface area contributed by atoms with E-state index in [4.69, 9.17) is 13.6 Å². The van der Waals surface area contributed by atoms with Gasteiger partial charge < -0.3 is 19.4 Å². The minimum Gasteiger partial charge on any atom is -0.491 e. The van der Waals surface area contributed by atoms with Crippen molar-refractivity contribution in [3.8, 4) is 5.75 Å². The van der Waals surface area contributed by atoms with Gasteiger partial charge in [0.2, 0.25) is 0 Å². The number of nitrogens with zero attached hydrogens (tertiary/aromatic N) is 5. The molecule has 0 aliphatic carbocycles. The van der Waals surface area contributed by atoms with Gasteiger partial charge in [-0.2, -0.15) is 0 Å². The van der Waals surface area contributed by atoms with E-state index < -0.39 is 7.04 Å². The third kappa shape index (κ3) is 7.73. The van der Waals surface area contributed by atoms with Crippen LogP contribution >= 0.6 is 23.5 Å². The molecule has 11 nitrogen and oxygen atoms in total. The lowest BCUT2D eigenvalue weighted by molar-refractivity contribution is -0.385. The smallest absolute Gasteiger partial charge is 0.275 e. The minimum atomic E-state index is -2.40. The van der Waals surface area contributed by atoms with E-state index in [-0.39, 0.29) is 23.8 Å². The van der Waals surface area contributed by atoms with Crippen LogP contribution in [0.1, 0.15) is 26.6 Å². The fraction of sp³-hybridized carbons (Fsp3) is 0.226. The predicted octanol–water partition coefficient (Wildman–Crippen LogP) is 7.05. The Labute approximate surface area is 266 Å². The van der Waals surface area contributed by atoms with Crippen LogP contribution in [0.15, 0.2) is 83.4 Å². The number of nitrogens with one attached hydrogen (secondary N) is 2. The molecule has 6 aromatic rings. The number of aromatic nitrogens is 6. The summed E-state index contributed by atoms with van der Waals surface area (Å²) in [6, 6.07) is 18.9. The van der Waals surface area contributed by atoms with E-state index in [9.17, 15) is 10.1 Å². The lowest BCUT2D eigenvalue weighted by Crippen LogP contribution is -2.06. The Morgan fingerprint density at radius 1 is 0.818 bits per heavy atom. The Bertz CT molecular complexity index is 1920. The number of aromatic amines is 2. The number of nitro groups is 1. The highest BCUT2D eigenvalue weighted by atomic mass is 32.2. The number of benzene rings is 2. The zero-order valence-electron chi connectivity index (χ0n) is 26.9. The number of ether oxygens (including phenoxy) is 2. The van der Waals surface area contributed by atoms with Crippen molar-refractivity contribution in [2.45, 2.75) is 35.7 Å². The standard InChI is InChI=1S/C17H19N3O2S.C14H12N4O2S/c1-12-15(18-8-7-16(12)22-10-9-21-2)11-23-17-19-13-5-3-4-6-14(13)20-17;1-9-12(15-7-6-13(9)18(19)20)8-21-14-16-10-4-2-3-5-11(10)17-14/h3-8H,9-11H2,1-2H3,(H,19,20);2-7H,8H2,1H3,(H,16,17)/i2D3;. The molecule has 0 fully saturated rings. The van der Waals surface area contributed by atoms with Crippen LogP contribution in [0.4, 0.5) is 5.69 Å². The summed E-state index contributed by atoms with van der Waals surface area (Å²) in [7, 11) is -2.40. The molecule has 0 saturated carbocycles. The topological polar surface area (TPSA) is 145 Å². The van der Waals surface area contributed by atoms with Crippen molar-refractivity contribution in [1.29, 1.82) is 0 Å². The first-order valence-electron chi connectivity index (χ1n) is 15.0. The molecule has 0 saturated heterocycles. The largest absolute Gasteiger partial charge is 0.491 e. The van der Waals surface area contributed by atoms with Crippen molar-refractivity contribution in [2.75, 3.05) is 20.3 Å². The Balaban J connectivity index is 0.000000189. The van der Waals surface area contributed by atoms with E-state index in [1.54, 1.807) is 30.9 Å². The third-order valence-corrected chi connectivity index (χ3v) is 8.37. The molecule has 13 heteroatoms. The fourth-order valence-electron chi connectivity index (χ4n) is 4.23. The van der Waals surface area contributed by atoms with Crippen LogP contribution in [-0.4, -0.2) is 55.1 Å². The highest BCUT2D eigenvalue weighted by molar-refractivity contribution is 7.98. The summed E-state index contributed by atoms with van der Waals surface area (Å²) in [5.41, 5.74) is 7.05. The lowest BCUT2D eigenvalue weighted by Gasteiger charge is -2.11. The zero-order valence-corrected chi connectivity index (χ0v) is 25.6. The number of pyridine rings is 2. The summed E-state index contributed by atoms with van der Waals surface area (Å²) in [6.45, 7) is 3.82. The van der Waals surface area contributed by atoms with Gasteiger partial charge in [-0.1, -0.05) is 47.8 Å². The highest BCUT2D eigenvalue weighted by Gasteiger charge is 2.15. The SMILES string of the molecule is Cc1c([N+](=O)[O-])ccnc1CSc1nc2ccccc2[nH]1.[2H]C([2H])([2H])OCCOc1ccnc(CSc2nc3ccccc3[nH]2)c1C. The summed E-state index contributed by atoms with van der Waals surface area (Å²) >= 11 is 3.05. The van der Waals surface area contributed by atoms with Gasteiger partial charge in [-0.25, -0.2) is 9.97 Å². The summed E-state index contributed by atoms with van der Waals surface area (Å²) in [5.74, 6) is 1.86. The van der Waals surface area contributed by atoms with E-state index in [2.05, 4.69) is 29.9 Å². The molecule has 0 atom stereocenters. The lowest BCUT2D eigenvalue weighted by atomic mass is 10.2. The second-order valence-electron chi connectivity index (χ2n) is 9.43. The molecule has 44 heavy (non-hydrogen) atoms. The predicted molar refractivity (Wildman–Crippen MR) is 173 cm³/mol. The average molecular weight is 633 g/mol. The van der Waals surface area contributed by atoms with Crippen LogP contribution in [-0.2, 0) is 16.2 Å². The number of H-pyrrole nitrogens is 2. The molecule has 4 aromatic heterocycles. The first kappa shape index (κ1) is 27.1. The monoisotopic (exact) mass is 632 g/mol. The molecular weight excluding hydrogens is 599 g/mol. The quantitative estimate of drug-likeness (QED) is 0.0659. The Hall–Kier alpha value is -4.46. The summed E-state index contributed by atoms with van der Waals surface area (Å²) in [4.78, 5) is 34.7. The molecule has 0 radical (unpaired) electrons. The molecule has 0 amide bonds. The van der Waals surface area contributed by atoms with Gasteiger partial charge in [0, 0.05) is 48.1 Å². The number of thioether (sulfide) groups is 2. The summed E-state index contributed by atoms with van der Waals surface area (Å²) in [6.07, 6.45) is 3.15. The molecule has 0 spiro atoms. The number of hydrogen-bond acceptors (Lipinski definition) is 10. The van der Waals surface area contributed by atoms with E-state index in [1.807, 2.05) is 55.5 Å². The van der Waals surface area contributed by atoms with Gasteiger partial charge in [0.1, 0.15) is 12.4 Å². The van der Waals surface area contributed by atoms with Crippen molar-refractivity contribution in [2.24, 2.45) is 0 Å². The van der Waals surface area contributed by atoms with Crippen molar-refractivity contribution in [3.63, 3.8) is 0 Å². The maximum Gasteiger partial charge on any atom is 0.275 e. The molecule has 0 bridgehead atoms. The fourth-order valence-corrected chi connectivity index (χ4v) is 6.05. The second kappa shape index (κ2) is 14.8. The molecule has 0 aliphatic rings. The van der Waals surface area contributed by atoms with Gasteiger partial charge in [-0.15, -0.1) is 0 Å². The maximum atomic E-state index is 10.9. The van der Waals surface area contributed by atoms with Crippen molar-refractivity contribution in [1.82, 2.24) is 29.9 Å². The summed E-state index contributed by atoms with van der Waals surface area (Å²) < 4.78 is 31.3. The van der Waals surface area contributed by atoms with Crippen LogP contribution in [0.5, 0.6) is 5.75 Å². The van der Waals surface area contributed by atoms with Gasteiger partial charge in [0.05, 0.1) is 49.1 Å². The van der Waals surface area contributed by atoms with Crippen LogP contribution < -0.4 is 4.74 Å². The van der Waals surface area contributed by atoms with Crippen LogP contribution in [0, 0.1) is 24.0 Å². The van der Waals surface area contributed by atoms with E-state index in [0.29, 0.717) is 28.5 Å². The second-order valence-corrected chi connectivity index (χ2v) is 11.4. The number of hydrogen-bond donors (Lipinski definition) is 2. The van der Waals surface area contributed by atoms with Crippen LogP contribution in [0.2, 0.25) is 0 Å². The number of rotatable bonds is 11. The van der Waals surface area contributed by atoms with Crippen molar-refractivity contribution >= 4 is 51.3 Å². The number of fused-ring (bicyclic) bond motifs is 2. The van der Waals surface area contributed by atoms with Crippen molar-refractivity contribution in [3.05, 3.63) is 106 Å². The number of imidazole rings is 2. The van der Waals surface area contributed by atoms with Crippen LogP contribution in [0.25, 0.3) is 22.1 Å². The first-order valence-corrected chi connectivity index (χ1v) is 15.5. The van der Waals surface area contributed by atoms with E-state index in [0.717, 1.165) is 43.6 Å². The normalized spacial score (nSPS) is 12.3. The van der Waals surface area contributed by atoms with Gasteiger partial charge in [-0.3, -0.25) is 20.1 Å². The molecule has 2 N–H and O–H groups in total. The Morgan fingerprint density at radius 2 is 1.39 bits per heavy atom. The van der Waals surface area contributed by atoms with Crippen molar-refractivity contribution < 1.29 is 18.5 Å². The molecule has 0 unspecified atom stereocenters. The van der Waals surface area contributed by atoms with Crippen LogP contribution in [0.3, 0.4) is 0 Å². The van der Waals surface area contributed by atoms with Gasteiger partial charge in [0.15, 0.2) is 10.3 Å². The molecule has 6 rings (SSSR count). The number of para-hydroxylation sites is 4. The molecule has 2 aromatic carbocycles.